The van der Waals surface area contributed by atoms with E-state index in [-0.39, 0.29) is 5.96 Å². The van der Waals surface area contributed by atoms with Crippen LogP contribution in [-0.2, 0) is 0 Å². The molecule has 0 aliphatic carbocycles. The van der Waals surface area contributed by atoms with Crippen LogP contribution in [0.1, 0.15) is 20.3 Å². The van der Waals surface area contributed by atoms with Gasteiger partial charge in [0.2, 0.25) is 0 Å². The van der Waals surface area contributed by atoms with Gasteiger partial charge in [0, 0.05) is 0 Å². The molecule has 0 amide bonds. The molecule has 0 saturated carbocycles. The van der Waals surface area contributed by atoms with Gasteiger partial charge in [0.05, 0.1) is 6.54 Å². The fourth-order valence-corrected chi connectivity index (χ4v) is 1.01. The molecular weight excluding hydrogens is 174 g/mol. The van der Waals surface area contributed by atoms with Crippen molar-refractivity contribution >= 4 is 5.96 Å². The first-order valence-corrected chi connectivity index (χ1v) is 4.64. The molecule has 78 valence electrons. The quantitative estimate of drug-likeness (QED) is 0.397. The number of aliphatic imine (C=N–C) groups is 1. The summed E-state index contributed by atoms with van der Waals surface area (Å²) in [6.45, 7) is 8.30. The summed E-state index contributed by atoms with van der Waals surface area (Å²) in [5.74, 6) is 0.134. The molecule has 0 rings (SSSR count). The largest absolute Gasteiger partial charge is 0.370 e. The molecule has 0 heterocycles. The molecule has 0 saturated heterocycles. The summed E-state index contributed by atoms with van der Waals surface area (Å²) in [5, 5.41) is 0. The molecule has 0 atom stereocenters. The van der Waals surface area contributed by atoms with E-state index < -0.39 is 0 Å². The first kappa shape index (κ1) is 12.5. The van der Waals surface area contributed by atoms with Gasteiger partial charge in [-0.1, -0.05) is 37.3 Å². The van der Waals surface area contributed by atoms with Crippen LogP contribution in [0.25, 0.3) is 0 Å². The van der Waals surface area contributed by atoms with Gasteiger partial charge < -0.3 is 11.5 Å². The summed E-state index contributed by atoms with van der Waals surface area (Å²) >= 11 is 0. The van der Waals surface area contributed by atoms with Crippen molar-refractivity contribution in [3.05, 3.63) is 36.0 Å². The predicted molar refractivity (Wildman–Crippen MR) is 63.0 cm³/mol. The zero-order chi connectivity index (χ0) is 11.0. The summed E-state index contributed by atoms with van der Waals surface area (Å²) in [5.41, 5.74) is 12.9. The van der Waals surface area contributed by atoms with Crippen molar-refractivity contribution in [1.82, 2.24) is 0 Å². The van der Waals surface area contributed by atoms with Crippen molar-refractivity contribution in [3.63, 3.8) is 0 Å². The maximum atomic E-state index is 5.25. The Kier molecular flexibility index (Phi) is 6.20. The zero-order valence-electron chi connectivity index (χ0n) is 8.96. The van der Waals surface area contributed by atoms with Gasteiger partial charge in [-0.05, 0) is 18.9 Å². The molecule has 14 heavy (non-hydrogen) atoms. The fourth-order valence-electron chi connectivity index (χ4n) is 1.01. The van der Waals surface area contributed by atoms with E-state index in [0.717, 1.165) is 12.0 Å². The summed E-state index contributed by atoms with van der Waals surface area (Å²) in [7, 11) is 0. The summed E-state index contributed by atoms with van der Waals surface area (Å²) in [4.78, 5) is 3.96. The molecule has 0 aliphatic rings. The third-order valence-electron chi connectivity index (χ3n) is 1.73. The molecule has 0 aromatic heterocycles. The average Bonchev–Trinajstić information content (AvgIpc) is 2.12. The maximum absolute atomic E-state index is 5.25. The van der Waals surface area contributed by atoms with E-state index in [0.29, 0.717) is 6.54 Å². The Morgan fingerprint density at radius 3 is 2.50 bits per heavy atom. The molecule has 0 bridgehead atoms. The Hall–Kier alpha value is -1.51. The van der Waals surface area contributed by atoms with Gasteiger partial charge >= 0.3 is 0 Å². The first-order valence-electron chi connectivity index (χ1n) is 4.64. The number of hydrogen-bond donors (Lipinski definition) is 2. The highest BCUT2D eigenvalue weighted by molar-refractivity contribution is 5.75. The molecule has 0 spiro atoms. The van der Waals surface area contributed by atoms with E-state index in [9.17, 15) is 0 Å². The van der Waals surface area contributed by atoms with Crippen LogP contribution < -0.4 is 11.5 Å². The van der Waals surface area contributed by atoms with Gasteiger partial charge in [-0.15, -0.1) is 0 Å². The zero-order valence-corrected chi connectivity index (χ0v) is 8.96. The number of nitrogens with two attached hydrogens (primary N) is 2. The Balaban J connectivity index is 4.47. The minimum absolute atomic E-state index is 0.134. The molecule has 0 unspecified atom stereocenters. The molecule has 4 N–H and O–H groups in total. The van der Waals surface area contributed by atoms with E-state index in [4.69, 9.17) is 11.5 Å². The Morgan fingerprint density at radius 2 is 2.07 bits per heavy atom. The summed E-state index contributed by atoms with van der Waals surface area (Å²) < 4.78 is 0. The molecule has 0 radical (unpaired) electrons. The van der Waals surface area contributed by atoms with Crippen molar-refractivity contribution in [2.75, 3.05) is 6.54 Å². The van der Waals surface area contributed by atoms with E-state index in [1.54, 1.807) is 6.08 Å². The second-order valence-electron chi connectivity index (χ2n) is 3.04. The number of nitrogens with zero attached hydrogens (tertiary/aromatic N) is 1. The number of hydrogen-bond acceptors (Lipinski definition) is 1. The van der Waals surface area contributed by atoms with Gasteiger partial charge in [0.15, 0.2) is 5.96 Å². The van der Waals surface area contributed by atoms with Gasteiger partial charge in [-0.2, -0.15) is 0 Å². The van der Waals surface area contributed by atoms with Crippen LogP contribution in [0.15, 0.2) is 40.9 Å². The minimum Gasteiger partial charge on any atom is -0.370 e. The molecule has 0 aliphatic heterocycles. The van der Waals surface area contributed by atoms with Crippen molar-refractivity contribution in [2.24, 2.45) is 16.5 Å². The van der Waals surface area contributed by atoms with Crippen molar-refractivity contribution < 1.29 is 0 Å². The number of allylic oxidation sites excluding steroid dienone is 4. The molecule has 0 aromatic rings. The summed E-state index contributed by atoms with van der Waals surface area (Å²) in [6.07, 6.45) is 6.73. The highest BCUT2D eigenvalue weighted by Crippen LogP contribution is 2.06. The highest BCUT2D eigenvalue weighted by atomic mass is 15.0. The van der Waals surface area contributed by atoms with Crippen LogP contribution in [0.2, 0.25) is 0 Å². The number of guanidine groups is 1. The Labute approximate surface area is 85.9 Å². The Morgan fingerprint density at radius 1 is 1.43 bits per heavy atom. The smallest absolute Gasteiger partial charge is 0.186 e. The van der Waals surface area contributed by atoms with Crippen LogP contribution in [0.3, 0.4) is 0 Å². The second kappa shape index (κ2) is 6.95. The van der Waals surface area contributed by atoms with Crippen LogP contribution >= 0.6 is 0 Å². The number of rotatable bonds is 5. The lowest BCUT2D eigenvalue weighted by molar-refractivity contribution is 0.998. The monoisotopic (exact) mass is 193 g/mol. The first-order chi connectivity index (χ1) is 6.60. The highest BCUT2D eigenvalue weighted by Gasteiger charge is 1.93. The van der Waals surface area contributed by atoms with Crippen LogP contribution in [0.5, 0.6) is 0 Å². The van der Waals surface area contributed by atoms with Crippen LogP contribution in [-0.4, -0.2) is 12.5 Å². The van der Waals surface area contributed by atoms with Crippen molar-refractivity contribution in [2.45, 2.75) is 20.3 Å². The topological polar surface area (TPSA) is 64.4 Å². The predicted octanol–water partition coefficient (Wildman–Crippen LogP) is 1.73. The lowest BCUT2D eigenvalue weighted by Crippen LogP contribution is -2.23. The summed E-state index contributed by atoms with van der Waals surface area (Å²) in [6, 6.07) is 0. The van der Waals surface area contributed by atoms with Crippen LogP contribution in [0, 0.1) is 0 Å². The molecular formula is C11H19N3. The van der Waals surface area contributed by atoms with Gasteiger partial charge in [-0.3, -0.25) is 0 Å². The van der Waals surface area contributed by atoms with Gasteiger partial charge in [-0.25, -0.2) is 4.99 Å². The van der Waals surface area contributed by atoms with Crippen molar-refractivity contribution in [3.8, 4) is 0 Å². The molecule has 3 heteroatoms. The molecule has 0 aromatic carbocycles. The standard InChI is InChI=1S/C11H19N3/c1-4-6-9(3)7-10(5-2)8-14-11(12)13/h4,6-7H,1,5,8H2,2-3H3,(H4,12,13,14)/b9-6+,10-7+. The third kappa shape index (κ3) is 6.06. The Bertz CT molecular complexity index is 268. The molecule has 0 fully saturated rings. The van der Waals surface area contributed by atoms with E-state index in [1.807, 2.05) is 13.0 Å². The average molecular weight is 193 g/mol. The van der Waals surface area contributed by atoms with Crippen LogP contribution in [0.4, 0.5) is 0 Å². The lowest BCUT2D eigenvalue weighted by atomic mass is 10.1. The van der Waals surface area contributed by atoms with Gasteiger partial charge in [0.25, 0.3) is 0 Å². The maximum Gasteiger partial charge on any atom is 0.186 e. The minimum atomic E-state index is 0.134. The van der Waals surface area contributed by atoms with E-state index in [1.165, 1.54) is 5.57 Å². The lowest BCUT2D eigenvalue weighted by Gasteiger charge is -2.01. The van der Waals surface area contributed by atoms with Gasteiger partial charge in [0.1, 0.15) is 0 Å². The van der Waals surface area contributed by atoms with Crippen molar-refractivity contribution in [1.29, 1.82) is 0 Å². The normalized spacial score (nSPS) is 12.4. The third-order valence-corrected chi connectivity index (χ3v) is 1.73. The van der Waals surface area contributed by atoms with E-state index in [2.05, 4.69) is 24.6 Å². The SMILES string of the molecule is C=C/C=C(C)/C=C(\CC)CN=C(N)N. The fraction of sp³-hybridized carbons (Fsp3) is 0.364. The molecule has 3 nitrogen and oxygen atoms in total. The van der Waals surface area contributed by atoms with E-state index >= 15 is 0 Å². The second-order valence-corrected chi connectivity index (χ2v) is 3.04.